The predicted molar refractivity (Wildman–Crippen MR) is 76.6 cm³/mol. The molecule has 0 radical (unpaired) electrons. The minimum absolute atomic E-state index is 0.0251. The van der Waals surface area contributed by atoms with E-state index in [1.165, 1.54) is 44.9 Å². The van der Waals surface area contributed by atoms with Gasteiger partial charge in [-0.15, -0.1) is 0 Å². The number of carbonyl (C=O) groups is 1. The quantitative estimate of drug-likeness (QED) is 0.630. The first-order valence-corrected chi connectivity index (χ1v) is 8.43. The van der Waals surface area contributed by atoms with Gasteiger partial charge in [-0.1, -0.05) is 32.3 Å². The van der Waals surface area contributed by atoms with Crippen molar-refractivity contribution in [3.63, 3.8) is 0 Å². The SMILES string of the molecule is C[C@]12CC[C@H]3[C@@H](CCC4CCCC[C@@H]43)[C@@H]1C=CC2=O. The van der Waals surface area contributed by atoms with E-state index in [2.05, 4.69) is 13.0 Å². The third-order valence-corrected chi connectivity index (χ3v) is 7.15. The van der Waals surface area contributed by atoms with Crippen molar-refractivity contribution in [1.29, 1.82) is 0 Å². The molecular formula is C18H26O. The molecule has 0 N–H and O–H groups in total. The fraction of sp³-hybridized carbons (Fsp3) is 0.833. The Morgan fingerprint density at radius 3 is 2.74 bits per heavy atom. The van der Waals surface area contributed by atoms with Crippen LogP contribution in [-0.4, -0.2) is 5.78 Å². The summed E-state index contributed by atoms with van der Waals surface area (Å²) in [5.74, 6) is 4.78. The maximum atomic E-state index is 12.2. The lowest BCUT2D eigenvalue weighted by atomic mass is 9.50. The molecule has 19 heavy (non-hydrogen) atoms. The lowest BCUT2D eigenvalue weighted by molar-refractivity contribution is -0.130. The average molecular weight is 258 g/mol. The predicted octanol–water partition coefficient (Wildman–Crippen LogP) is 4.37. The zero-order chi connectivity index (χ0) is 13.0. The lowest BCUT2D eigenvalue weighted by Crippen LogP contribution is -2.48. The monoisotopic (exact) mass is 258 g/mol. The molecule has 3 saturated carbocycles. The molecule has 4 rings (SSSR count). The lowest BCUT2D eigenvalue weighted by Gasteiger charge is -2.53. The van der Waals surface area contributed by atoms with Gasteiger partial charge in [0.1, 0.15) is 0 Å². The molecule has 0 aromatic carbocycles. The largest absolute Gasteiger partial charge is 0.294 e. The van der Waals surface area contributed by atoms with Gasteiger partial charge in [0.05, 0.1) is 0 Å². The van der Waals surface area contributed by atoms with E-state index in [9.17, 15) is 4.79 Å². The van der Waals surface area contributed by atoms with E-state index in [1.807, 2.05) is 6.08 Å². The first kappa shape index (κ1) is 12.2. The van der Waals surface area contributed by atoms with Gasteiger partial charge < -0.3 is 0 Å². The summed E-state index contributed by atoms with van der Waals surface area (Å²) in [5.41, 5.74) is -0.0251. The summed E-state index contributed by atoms with van der Waals surface area (Å²) in [7, 11) is 0. The van der Waals surface area contributed by atoms with Crippen molar-refractivity contribution >= 4 is 5.78 Å². The minimum Gasteiger partial charge on any atom is -0.294 e. The molecule has 0 aliphatic heterocycles. The van der Waals surface area contributed by atoms with Gasteiger partial charge in [-0.25, -0.2) is 0 Å². The van der Waals surface area contributed by atoms with Crippen LogP contribution in [0.25, 0.3) is 0 Å². The molecule has 0 bridgehead atoms. The molecule has 4 aliphatic rings. The molecule has 0 aromatic heterocycles. The maximum absolute atomic E-state index is 12.2. The maximum Gasteiger partial charge on any atom is 0.161 e. The van der Waals surface area contributed by atoms with Gasteiger partial charge in [0.15, 0.2) is 5.78 Å². The van der Waals surface area contributed by atoms with Gasteiger partial charge in [0, 0.05) is 5.41 Å². The number of rotatable bonds is 0. The Bertz CT molecular complexity index is 423. The van der Waals surface area contributed by atoms with Gasteiger partial charge >= 0.3 is 0 Å². The van der Waals surface area contributed by atoms with Crippen LogP contribution in [0.2, 0.25) is 0 Å². The Labute approximate surface area is 116 Å². The van der Waals surface area contributed by atoms with Gasteiger partial charge in [0.25, 0.3) is 0 Å². The Morgan fingerprint density at radius 2 is 1.84 bits per heavy atom. The second-order valence-corrected chi connectivity index (χ2v) is 7.82. The van der Waals surface area contributed by atoms with Crippen LogP contribution in [0.1, 0.15) is 58.3 Å². The van der Waals surface area contributed by atoms with Crippen LogP contribution in [-0.2, 0) is 4.79 Å². The Kier molecular flexibility index (Phi) is 2.69. The fourth-order valence-electron chi connectivity index (χ4n) is 6.10. The molecule has 0 spiro atoms. The van der Waals surface area contributed by atoms with Crippen molar-refractivity contribution in [3.8, 4) is 0 Å². The zero-order valence-electron chi connectivity index (χ0n) is 12.1. The summed E-state index contributed by atoms with van der Waals surface area (Å²) >= 11 is 0. The van der Waals surface area contributed by atoms with Gasteiger partial charge in [-0.05, 0) is 67.8 Å². The molecule has 1 unspecified atom stereocenters. The highest BCUT2D eigenvalue weighted by atomic mass is 16.1. The van der Waals surface area contributed by atoms with Gasteiger partial charge in [-0.2, -0.15) is 0 Å². The van der Waals surface area contributed by atoms with Crippen molar-refractivity contribution in [1.82, 2.24) is 0 Å². The van der Waals surface area contributed by atoms with Crippen molar-refractivity contribution in [2.24, 2.45) is 35.0 Å². The third kappa shape index (κ3) is 1.63. The standard InChI is InChI=1S/C18H26O/c1-18-11-10-14-13-5-3-2-4-12(13)6-7-15(14)16(18)8-9-17(18)19/h8-9,12-16H,2-7,10-11H2,1H3/t12?,13-,14+,15+,16-,18-/m0/s1. The van der Waals surface area contributed by atoms with Crippen molar-refractivity contribution in [3.05, 3.63) is 12.2 Å². The van der Waals surface area contributed by atoms with Crippen molar-refractivity contribution in [2.45, 2.75) is 58.3 Å². The number of carbonyl (C=O) groups excluding carboxylic acids is 1. The van der Waals surface area contributed by atoms with Crippen LogP contribution in [0.15, 0.2) is 12.2 Å². The highest BCUT2D eigenvalue weighted by Gasteiger charge is 2.54. The number of hydrogen-bond donors (Lipinski definition) is 0. The topological polar surface area (TPSA) is 17.1 Å². The van der Waals surface area contributed by atoms with E-state index in [0.29, 0.717) is 11.7 Å². The summed E-state index contributed by atoms with van der Waals surface area (Å²) in [6, 6.07) is 0. The molecule has 0 amide bonds. The molecule has 104 valence electrons. The Balaban J connectivity index is 1.62. The summed E-state index contributed by atoms with van der Waals surface area (Å²) in [4.78, 5) is 12.2. The number of allylic oxidation sites excluding steroid dienone is 2. The molecular weight excluding hydrogens is 232 g/mol. The average Bonchev–Trinajstić information content (AvgIpc) is 2.75. The van der Waals surface area contributed by atoms with Crippen LogP contribution in [0, 0.1) is 35.0 Å². The van der Waals surface area contributed by atoms with E-state index in [4.69, 9.17) is 0 Å². The third-order valence-electron chi connectivity index (χ3n) is 7.15. The summed E-state index contributed by atoms with van der Waals surface area (Å²) < 4.78 is 0. The van der Waals surface area contributed by atoms with Gasteiger partial charge in [-0.3, -0.25) is 4.79 Å². The normalized spacial score (nSPS) is 52.5. The van der Waals surface area contributed by atoms with Crippen molar-refractivity contribution < 1.29 is 4.79 Å². The molecule has 3 fully saturated rings. The Hall–Kier alpha value is -0.590. The number of ketones is 1. The minimum atomic E-state index is -0.0251. The summed E-state index contributed by atoms with van der Waals surface area (Å²) in [6.45, 7) is 2.24. The van der Waals surface area contributed by atoms with Crippen LogP contribution < -0.4 is 0 Å². The number of hydrogen-bond acceptors (Lipinski definition) is 1. The first-order chi connectivity index (χ1) is 9.20. The summed E-state index contributed by atoms with van der Waals surface area (Å²) in [6.07, 6.45) is 15.4. The molecule has 1 nitrogen and oxygen atoms in total. The fourth-order valence-corrected chi connectivity index (χ4v) is 6.10. The van der Waals surface area contributed by atoms with Crippen LogP contribution >= 0.6 is 0 Å². The second kappa shape index (κ2) is 4.20. The molecule has 0 aromatic rings. The van der Waals surface area contributed by atoms with Crippen LogP contribution in [0.4, 0.5) is 0 Å². The van der Waals surface area contributed by atoms with E-state index in [-0.39, 0.29) is 5.41 Å². The number of fused-ring (bicyclic) bond motifs is 5. The summed E-state index contributed by atoms with van der Waals surface area (Å²) in [5, 5.41) is 0. The van der Waals surface area contributed by atoms with Gasteiger partial charge in [0.2, 0.25) is 0 Å². The van der Waals surface area contributed by atoms with Crippen LogP contribution in [0.5, 0.6) is 0 Å². The van der Waals surface area contributed by atoms with Crippen molar-refractivity contribution in [2.75, 3.05) is 0 Å². The molecule has 0 heterocycles. The smallest absolute Gasteiger partial charge is 0.161 e. The van der Waals surface area contributed by atoms with Crippen LogP contribution in [0.3, 0.4) is 0 Å². The zero-order valence-corrected chi connectivity index (χ0v) is 12.1. The second-order valence-electron chi connectivity index (χ2n) is 7.82. The van der Waals surface area contributed by atoms with E-state index in [0.717, 1.165) is 30.1 Å². The molecule has 4 aliphatic carbocycles. The highest BCUT2D eigenvalue weighted by molar-refractivity contribution is 5.97. The first-order valence-electron chi connectivity index (χ1n) is 8.43. The molecule has 1 heteroatoms. The Morgan fingerprint density at radius 1 is 1.00 bits per heavy atom. The van der Waals surface area contributed by atoms with E-state index < -0.39 is 0 Å². The highest BCUT2D eigenvalue weighted by Crippen LogP contribution is 2.59. The van der Waals surface area contributed by atoms with E-state index >= 15 is 0 Å². The molecule has 0 saturated heterocycles. The molecule has 6 atom stereocenters. The van der Waals surface area contributed by atoms with E-state index in [1.54, 1.807) is 0 Å².